The van der Waals surface area contributed by atoms with E-state index in [0.717, 1.165) is 4.90 Å². The van der Waals surface area contributed by atoms with Crippen LogP contribution in [0.1, 0.15) is 50.9 Å². The molecule has 4 amide bonds. The number of amides is 4. The number of carbonyl (C=O) groups is 4. The molecule has 1 atom stereocenters. The van der Waals surface area contributed by atoms with Crippen LogP contribution in [0.3, 0.4) is 0 Å². The number of nitrogens with zero attached hydrogens (tertiary/aromatic N) is 2. The van der Waals surface area contributed by atoms with E-state index in [1.165, 1.54) is 30.0 Å². The van der Waals surface area contributed by atoms with Crippen molar-refractivity contribution in [2.75, 3.05) is 10.2 Å². The summed E-state index contributed by atoms with van der Waals surface area (Å²) in [5, 5.41) is 2.62. The molecule has 7 nitrogen and oxygen atoms in total. The van der Waals surface area contributed by atoms with Gasteiger partial charge in [-0.15, -0.1) is 0 Å². The van der Waals surface area contributed by atoms with Crippen LogP contribution in [0.15, 0.2) is 48.5 Å². The number of benzene rings is 2. The van der Waals surface area contributed by atoms with Crippen LogP contribution in [0.4, 0.5) is 15.8 Å². The van der Waals surface area contributed by atoms with Crippen LogP contribution in [0, 0.1) is 5.82 Å². The molecule has 1 fully saturated rings. The van der Waals surface area contributed by atoms with Crippen LogP contribution < -0.4 is 10.2 Å². The van der Waals surface area contributed by atoms with Crippen LogP contribution in [-0.2, 0) is 14.4 Å². The monoisotopic (exact) mass is 439 g/mol. The van der Waals surface area contributed by atoms with Gasteiger partial charge >= 0.3 is 0 Å². The van der Waals surface area contributed by atoms with Gasteiger partial charge in [0.1, 0.15) is 11.9 Å². The molecule has 0 spiro atoms. The van der Waals surface area contributed by atoms with Crippen molar-refractivity contribution >= 4 is 35.0 Å². The quantitative estimate of drug-likeness (QED) is 0.695. The smallest absolute Gasteiger partial charge is 0.257 e. The number of halogens is 1. The highest BCUT2D eigenvalue weighted by Gasteiger charge is 2.48. The molecule has 1 heterocycles. The molecule has 0 saturated carbocycles. The largest absolute Gasteiger partial charge is 0.326 e. The Labute approximate surface area is 186 Å². The third-order valence-corrected chi connectivity index (χ3v) is 5.72. The molecule has 168 valence electrons. The van der Waals surface area contributed by atoms with Crippen molar-refractivity contribution in [2.45, 2.75) is 52.1 Å². The number of rotatable bonds is 6. The van der Waals surface area contributed by atoms with Crippen LogP contribution in [-0.4, -0.2) is 40.1 Å². The molecule has 32 heavy (non-hydrogen) atoms. The zero-order valence-electron chi connectivity index (χ0n) is 18.5. The molecule has 8 heteroatoms. The maximum Gasteiger partial charge on any atom is 0.257 e. The lowest BCUT2D eigenvalue weighted by Gasteiger charge is -2.41. The zero-order valence-corrected chi connectivity index (χ0v) is 18.5. The van der Waals surface area contributed by atoms with E-state index in [-0.39, 0.29) is 17.9 Å². The lowest BCUT2D eigenvalue weighted by Crippen LogP contribution is -2.55. The first-order chi connectivity index (χ1) is 15.1. The molecule has 0 radical (unpaired) electrons. The summed E-state index contributed by atoms with van der Waals surface area (Å²) in [7, 11) is 0. The Kier molecular flexibility index (Phi) is 6.43. The summed E-state index contributed by atoms with van der Waals surface area (Å²) in [6.07, 6.45) is 0.298. The Balaban J connectivity index is 1.96. The van der Waals surface area contributed by atoms with Crippen LogP contribution >= 0.6 is 0 Å². The van der Waals surface area contributed by atoms with Gasteiger partial charge in [0.2, 0.25) is 11.8 Å². The normalized spacial score (nSPS) is 16.3. The van der Waals surface area contributed by atoms with Crippen molar-refractivity contribution in [1.29, 1.82) is 0 Å². The van der Waals surface area contributed by atoms with Crippen molar-refractivity contribution in [1.82, 2.24) is 4.90 Å². The summed E-state index contributed by atoms with van der Waals surface area (Å²) < 4.78 is 14.4. The van der Waals surface area contributed by atoms with Gasteiger partial charge in [-0.05, 0) is 56.7 Å². The topological polar surface area (TPSA) is 86.8 Å². The minimum atomic E-state index is -1.06. The molecule has 0 aliphatic carbocycles. The Morgan fingerprint density at radius 2 is 1.75 bits per heavy atom. The van der Waals surface area contributed by atoms with Gasteiger partial charge in [-0.2, -0.15) is 0 Å². The van der Waals surface area contributed by atoms with E-state index in [4.69, 9.17) is 0 Å². The number of anilines is 2. The Hall–Kier alpha value is -3.55. The molecule has 2 aromatic carbocycles. The van der Waals surface area contributed by atoms with Gasteiger partial charge in [-0.1, -0.05) is 19.1 Å². The first-order valence-corrected chi connectivity index (χ1v) is 10.4. The molecule has 2 aromatic rings. The summed E-state index contributed by atoms with van der Waals surface area (Å²) in [6, 6.07) is 10.8. The second-order valence-electron chi connectivity index (χ2n) is 8.34. The summed E-state index contributed by atoms with van der Waals surface area (Å²) in [5.41, 5.74) is -0.0810. The van der Waals surface area contributed by atoms with E-state index in [1.54, 1.807) is 44.2 Å². The summed E-state index contributed by atoms with van der Waals surface area (Å²) in [4.78, 5) is 53.1. The highest BCUT2D eigenvalue weighted by Crippen LogP contribution is 2.33. The fraction of sp³-hybridized carbons (Fsp3) is 0.333. The lowest BCUT2D eigenvalue weighted by atomic mass is 9.94. The maximum atomic E-state index is 14.4. The van der Waals surface area contributed by atoms with Gasteiger partial charge in [0.25, 0.3) is 11.8 Å². The van der Waals surface area contributed by atoms with E-state index in [1.807, 2.05) is 6.92 Å². The van der Waals surface area contributed by atoms with Crippen molar-refractivity contribution in [3.8, 4) is 0 Å². The number of hydrogen-bond donors (Lipinski definition) is 1. The second-order valence-corrected chi connectivity index (χ2v) is 8.34. The van der Waals surface area contributed by atoms with E-state index in [9.17, 15) is 23.6 Å². The highest BCUT2D eigenvalue weighted by molar-refractivity contribution is 6.23. The van der Waals surface area contributed by atoms with Crippen molar-refractivity contribution in [3.63, 3.8) is 0 Å². The molecule has 1 aliphatic heterocycles. The molecule has 1 aliphatic rings. The molecular weight excluding hydrogens is 413 g/mol. The number of imide groups is 1. The van der Waals surface area contributed by atoms with Gasteiger partial charge in [-0.3, -0.25) is 19.2 Å². The number of hydrogen-bond acceptors (Lipinski definition) is 4. The molecule has 0 aromatic heterocycles. The fourth-order valence-electron chi connectivity index (χ4n) is 3.76. The standard InChI is InChI=1S/C24H26FN3O4/c1-5-24(3,4)28(22(31)18-8-6-7-9-19(18)25)20-14-21(30)27(23(20)32)17-12-10-16(11-13-17)26-15(2)29/h6-13,20H,5,14H2,1-4H3,(H,26,29). The fourth-order valence-corrected chi connectivity index (χ4v) is 3.76. The van der Waals surface area contributed by atoms with Crippen molar-refractivity contribution < 1.29 is 23.6 Å². The number of carbonyl (C=O) groups excluding carboxylic acids is 4. The third-order valence-electron chi connectivity index (χ3n) is 5.72. The van der Waals surface area contributed by atoms with Crippen molar-refractivity contribution in [2.24, 2.45) is 0 Å². The van der Waals surface area contributed by atoms with Gasteiger partial charge in [-0.25, -0.2) is 9.29 Å². The Morgan fingerprint density at radius 3 is 2.31 bits per heavy atom. The molecule has 1 N–H and O–H groups in total. The lowest BCUT2D eigenvalue weighted by molar-refractivity contribution is -0.123. The van der Waals surface area contributed by atoms with Gasteiger partial charge in [0.15, 0.2) is 0 Å². The van der Waals surface area contributed by atoms with E-state index < -0.39 is 35.1 Å². The predicted molar refractivity (Wildman–Crippen MR) is 119 cm³/mol. The Morgan fingerprint density at radius 1 is 1.12 bits per heavy atom. The van der Waals surface area contributed by atoms with Gasteiger partial charge in [0.05, 0.1) is 17.7 Å². The zero-order chi connectivity index (χ0) is 23.6. The Bertz CT molecular complexity index is 1070. The second kappa shape index (κ2) is 8.90. The summed E-state index contributed by atoms with van der Waals surface area (Å²) in [5.74, 6) is -2.56. The average molecular weight is 439 g/mol. The molecule has 3 rings (SSSR count). The van der Waals surface area contributed by atoms with Crippen LogP contribution in [0.25, 0.3) is 0 Å². The van der Waals surface area contributed by atoms with Gasteiger partial charge in [0, 0.05) is 18.2 Å². The maximum absolute atomic E-state index is 14.4. The molecule has 1 saturated heterocycles. The van der Waals surface area contributed by atoms with E-state index >= 15 is 0 Å². The molecule has 1 unspecified atom stereocenters. The molecular formula is C24H26FN3O4. The van der Waals surface area contributed by atoms with Crippen LogP contribution in [0.2, 0.25) is 0 Å². The first-order valence-electron chi connectivity index (χ1n) is 10.4. The SMILES string of the molecule is CCC(C)(C)N(C(=O)c1ccccc1F)C1CC(=O)N(c2ccc(NC(C)=O)cc2)C1=O. The number of nitrogens with one attached hydrogen (secondary N) is 1. The average Bonchev–Trinajstić information content (AvgIpc) is 3.02. The van der Waals surface area contributed by atoms with Crippen molar-refractivity contribution in [3.05, 3.63) is 59.9 Å². The van der Waals surface area contributed by atoms with E-state index in [0.29, 0.717) is 17.8 Å². The third kappa shape index (κ3) is 4.39. The van der Waals surface area contributed by atoms with Gasteiger partial charge < -0.3 is 10.2 Å². The van der Waals surface area contributed by atoms with E-state index in [2.05, 4.69) is 5.32 Å². The minimum Gasteiger partial charge on any atom is -0.326 e. The van der Waals surface area contributed by atoms with Crippen LogP contribution in [0.5, 0.6) is 0 Å². The molecule has 0 bridgehead atoms. The minimum absolute atomic E-state index is 0.146. The first kappa shape index (κ1) is 23.1. The summed E-state index contributed by atoms with van der Waals surface area (Å²) in [6.45, 7) is 6.81. The summed E-state index contributed by atoms with van der Waals surface area (Å²) >= 11 is 0. The predicted octanol–water partition coefficient (Wildman–Crippen LogP) is 3.75. The highest BCUT2D eigenvalue weighted by atomic mass is 19.1.